The highest BCUT2D eigenvalue weighted by Crippen LogP contribution is 2.08. The topological polar surface area (TPSA) is 92.7 Å². The van der Waals surface area contributed by atoms with Crippen LogP contribution in [-0.4, -0.2) is 31.0 Å². The van der Waals surface area contributed by atoms with Crippen LogP contribution >= 0.6 is 24.0 Å². The van der Waals surface area contributed by atoms with Crippen LogP contribution in [0.15, 0.2) is 21.7 Å². The quantitative estimate of drug-likeness (QED) is 0.214. The maximum absolute atomic E-state index is 11.8. The number of aryl methyl sites for hydroxylation is 1. The lowest BCUT2D eigenvalue weighted by atomic mass is 10.0. The number of carbonyl (C=O) groups is 1. The SMILES string of the molecule is Cc1ccoc1C(=O)NCCCN=C(N)NC(C)CCCC(C)C.I. The van der Waals surface area contributed by atoms with Crippen LogP contribution in [-0.2, 0) is 0 Å². The predicted octanol–water partition coefficient (Wildman–Crippen LogP) is 3.45. The fraction of sp³-hybridized carbons (Fsp3) is 0.667. The molecule has 0 saturated carbocycles. The van der Waals surface area contributed by atoms with E-state index >= 15 is 0 Å². The largest absolute Gasteiger partial charge is 0.459 e. The van der Waals surface area contributed by atoms with E-state index in [-0.39, 0.29) is 29.9 Å². The van der Waals surface area contributed by atoms with Crippen LogP contribution in [0, 0.1) is 12.8 Å². The van der Waals surface area contributed by atoms with Gasteiger partial charge < -0.3 is 20.8 Å². The normalized spacial score (nSPS) is 12.6. The second-order valence-electron chi connectivity index (χ2n) is 6.68. The molecule has 0 aliphatic heterocycles. The highest BCUT2D eigenvalue weighted by molar-refractivity contribution is 14.0. The van der Waals surface area contributed by atoms with Crippen LogP contribution in [0.5, 0.6) is 0 Å². The lowest BCUT2D eigenvalue weighted by molar-refractivity contribution is 0.0925. The molecular formula is C18H33IN4O2. The average Bonchev–Trinajstić information content (AvgIpc) is 2.92. The fourth-order valence-electron chi connectivity index (χ4n) is 2.37. The Morgan fingerprint density at radius 1 is 1.28 bits per heavy atom. The van der Waals surface area contributed by atoms with Gasteiger partial charge in [-0.15, -0.1) is 24.0 Å². The first-order valence-electron chi connectivity index (χ1n) is 8.79. The molecule has 1 atom stereocenters. The Hall–Kier alpha value is -1.25. The summed E-state index contributed by atoms with van der Waals surface area (Å²) in [5.74, 6) is 1.39. The molecule has 6 nitrogen and oxygen atoms in total. The van der Waals surface area contributed by atoms with Crippen LogP contribution in [0.25, 0.3) is 0 Å². The number of nitrogens with one attached hydrogen (secondary N) is 2. The van der Waals surface area contributed by atoms with E-state index in [1.54, 1.807) is 6.07 Å². The Kier molecular flexibility index (Phi) is 12.4. The monoisotopic (exact) mass is 464 g/mol. The van der Waals surface area contributed by atoms with Gasteiger partial charge in [-0.2, -0.15) is 0 Å². The summed E-state index contributed by atoms with van der Waals surface area (Å²) in [5, 5.41) is 6.02. The van der Waals surface area contributed by atoms with Crippen molar-refractivity contribution in [1.29, 1.82) is 0 Å². The van der Waals surface area contributed by atoms with Crippen LogP contribution in [0.2, 0.25) is 0 Å². The molecule has 1 aromatic heterocycles. The fourth-order valence-corrected chi connectivity index (χ4v) is 2.37. The maximum Gasteiger partial charge on any atom is 0.287 e. The summed E-state index contributed by atoms with van der Waals surface area (Å²) >= 11 is 0. The number of hydrogen-bond acceptors (Lipinski definition) is 3. The zero-order chi connectivity index (χ0) is 17.9. The Bertz CT molecular complexity index is 529. The summed E-state index contributed by atoms with van der Waals surface area (Å²) in [5.41, 5.74) is 6.72. The van der Waals surface area contributed by atoms with E-state index < -0.39 is 0 Å². The molecule has 0 aliphatic rings. The van der Waals surface area contributed by atoms with E-state index in [0.717, 1.165) is 24.3 Å². The van der Waals surface area contributed by atoms with Crippen molar-refractivity contribution in [2.45, 2.75) is 59.4 Å². The first-order chi connectivity index (χ1) is 11.4. The zero-order valence-corrected chi connectivity index (χ0v) is 18.1. The van der Waals surface area contributed by atoms with E-state index in [1.165, 1.54) is 19.1 Å². The van der Waals surface area contributed by atoms with Crippen molar-refractivity contribution in [3.63, 3.8) is 0 Å². The van der Waals surface area contributed by atoms with Crippen molar-refractivity contribution in [1.82, 2.24) is 10.6 Å². The van der Waals surface area contributed by atoms with Gasteiger partial charge in [-0.25, -0.2) is 0 Å². The number of nitrogens with two attached hydrogens (primary N) is 1. The standard InChI is InChI=1S/C18H32N4O2.HI/c1-13(2)7-5-8-15(4)22-18(19)21-11-6-10-20-17(23)16-14(3)9-12-24-16;/h9,12-13,15H,5-8,10-11H2,1-4H3,(H,20,23)(H3,19,21,22);1H. The van der Waals surface area contributed by atoms with E-state index in [1.807, 2.05) is 6.92 Å². The molecule has 4 N–H and O–H groups in total. The summed E-state index contributed by atoms with van der Waals surface area (Å²) in [6.45, 7) is 9.56. The lowest BCUT2D eigenvalue weighted by Gasteiger charge is -2.15. The lowest BCUT2D eigenvalue weighted by Crippen LogP contribution is -2.38. The highest BCUT2D eigenvalue weighted by Gasteiger charge is 2.11. The zero-order valence-electron chi connectivity index (χ0n) is 15.8. The van der Waals surface area contributed by atoms with Crippen LogP contribution in [0.3, 0.4) is 0 Å². The summed E-state index contributed by atoms with van der Waals surface area (Å²) < 4.78 is 5.14. The number of rotatable bonds is 10. The molecule has 1 aromatic rings. The summed E-state index contributed by atoms with van der Waals surface area (Å²) in [6, 6.07) is 2.10. The van der Waals surface area contributed by atoms with Crippen molar-refractivity contribution in [3.05, 3.63) is 23.7 Å². The molecule has 0 radical (unpaired) electrons. The number of halogens is 1. The highest BCUT2D eigenvalue weighted by atomic mass is 127. The van der Waals surface area contributed by atoms with Gasteiger partial charge in [-0.3, -0.25) is 9.79 Å². The minimum atomic E-state index is -0.189. The number of furan rings is 1. The maximum atomic E-state index is 11.8. The third kappa shape index (κ3) is 10.4. The Balaban J connectivity index is 0.00000576. The van der Waals surface area contributed by atoms with Gasteiger partial charge in [-0.05, 0) is 38.7 Å². The van der Waals surface area contributed by atoms with Crippen molar-refractivity contribution < 1.29 is 9.21 Å². The number of carbonyl (C=O) groups excluding carboxylic acids is 1. The minimum absolute atomic E-state index is 0. The molecule has 0 aromatic carbocycles. The van der Waals surface area contributed by atoms with Crippen molar-refractivity contribution in [3.8, 4) is 0 Å². The van der Waals surface area contributed by atoms with Crippen LogP contribution in [0.4, 0.5) is 0 Å². The molecule has 1 unspecified atom stereocenters. The van der Waals surface area contributed by atoms with E-state index in [0.29, 0.717) is 30.9 Å². The molecule has 25 heavy (non-hydrogen) atoms. The van der Waals surface area contributed by atoms with Gasteiger partial charge >= 0.3 is 0 Å². The summed E-state index contributed by atoms with van der Waals surface area (Å²) in [4.78, 5) is 16.1. The predicted molar refractivity (Wildman–Crippen MR) is 114 cm³/mol. The number of aliphatic imine (C=N–C) groups is 1. The van der Waals surface area contributed by atoms with Crippen molar-refractivity contribution >= 4 is 35.8 Å². The second-order valence-corrected chi connectivity index (χ2v) is 6.68. The van der Waals surface area contributed by atoms with Gasteiger partial charge in [0, 0.05) is 24.7 Å². The van der Waals surface area contributed by atoms with Crippen molar-refractivity contribution in [2.75, 3.05) is 13.1 Å². The molecule has 0 spiro atoms. The molecule has 1 heterocycles. The molecule has 1 rings (SSSR count). The van der Waals surface area contributed by atoms with Gasteiger partial charge in [0.05, 0.1) is 6.26 Å². The smallest absolute Gasteiger partial charge is 0.287 e. The minimum Gasteiger partial charge on any atom is -0.459 e. The Morgan fingerprint density at radius 3 is 2.60 bits per heavy atom. The molecule has 144 valence electrons. The first-order valence-corrected chi connectivity index (χ1v) is 8.79. The van der Waals surface area contributed by atoms with Gasteiger partial charge in [0.2, 0.25) is 0 Å². The number of hydrogen-bond donors (Lipinski definition) is 3. The average molecular weight is 464 g/mol. The van der Waals surface area contributed by atoms with Gasteiger partial charge in [0.15, 0.2) is 11.7 Å². The third-order valence-corrected chi connectivity index (χ3v) is 3.78. The number of amides is 1. The molecular weight excluding hydrogens is 431 g/mol. The Labute approximate surface area is 168 Å². The number of guanidine groups is 1. The summed E-state index contributed by atoms with van der Waals surface area (Å²) in [6.07, 6.45) is 5.76. The van der Waals surface area contributed by atoms with E-state index in [2.05, 4.69) is 36.4 Å². The first kappa shape index (κ1) is 23.8. The van der Waals surface area contributed by atoms with Gasteiger partial charge in [0.1, 0.15) is 0 Å². The molecule has 0 bridgehead atoms. The summed E-state index contributed by atoms with van der Waals surface area (Å²) in [7, 11) is 0. The van der Waals surface area contributed by atoms with Gasteiger partial charge in [-0.1, -0.05) is 26.7 Å². The second kappa shape index (κ2) is 13.0. The van der Waals surface area contributed by atoms with Crippen LogP contribution < -0.4 is 16.4 Å². The van der Waals surface area contributed by atoms with Crippen molar-refractivity contribution in [2.24, 2.45) is 16.6 Å². The molecule has 0 aliphatic carbocycles. The Morgan fingerprint density at radius 2 is 2.00 bits per heavy atom. The van der Waals surface area contributed by atoms with Crippen LogP contribution in [0.1, 0.15) is 62.6 Å². The third-order valence-electron chi connectivity index (χ3n) is 3.78. The van der Waals surface area contributed by atoms with E-state index in [4.69, 9.17) is 10.2 Å². The number of nitrogens with zero attached hydrogens (tertiary/aromatic N) is 1. The molecule has 7 heteroatoms. The molecule has 1 amide bonds. The molecule has 0 fully saturated rings. The van der Waals surface area contributed by atoms with E-state index in [9.17, 15) is 4.79 Å². The molecule has 0 saturated heterocycles. The van der Waals surface area contributed by atoms with Gasteiger partial charge in [0.25, 0.3) is 5.91 Å².